The Morgan fingerprint density at radius 3 is 0.970 bits per heavy atom. The molecular weight excluding hydrogens is 1240 g/mol. The van der Waals surface area contributed by atoms with Crippen molar-refractivity contribution in [1.29, 1.82) is 0 Å². The van der Waals surface area contributed by atoms with Crippen LogP contribution < -0.4 is 31.9 Å². The molecule has 6 N–H and O–H groups in total. The lowest BCUT2D eigenvalue weighted by atomic mass is 9.77. The van der Waals surface area contributed by atoms with Crippen molar-refractivity contribution in [3.63, 3.8) is 0 Å². The van der Waals surface area contributed by atoms with Crippen molar-refractivity contribution in [2.24, 2.45) is 75.4 Å². The zero-order valence-corrected chi connectivity index (χ0v) is 73.0. The van der Waals surface area contributed by atoms with Crippen LogP contribution in [0.1, 0.15) is 396 Å². The summed E-state index contributed by atoms with van der Waals surface area (Å²) in [6.45, 7) is 79.0. The van der Waals surface area contributed by atoms with Gasteiger partial charge in [-0.3, -0.25) is 28.8 Å². The first-order valence-electron chi connectivity index (χ1n) is 40.3. The highest BCUT2D eigenvalue weighted by molar-refractivity contribution is 5.82. The topological polar surface area (TPSA) is 175 Å². The maximum Gasteiger partial charge on any atom is 0.224 e. The zero-order valence-electron chi connectivity index (χ0n) is 73.0. The molecule has 592 valence electrons. The number of rotatable bonds is 31. The molecule has 6 amide bonds. The minimum absolute atomic E-state index is 0.0461. The van der Waals surface area contributed by atoms with Crippen molar-refractivity contribution in [2.45, 2.75) is 429 Å². The van der Waals surface area contributed by atoms with Gasteiger partial charge in [0.1, 0.15) is 0 Å². The van der Waals surface area contributed by atoms with Crippen molar-refractivity contribution in [2.75, 3.05) is 0 Å². The minimum Gasteiger partial charge on any atom is -0.351 e. The van der Waals surface area contributed by atoms with Gasteiger partial charge in [-0.15, -0.1) is 13.2 Å². The average molecular weight is 1410 g/mol. The van der Waals surface area contributed by atoms with Crippen molar-refractivity contribution in [1.82, 2.24) is 31.9 Å². The van der Waals surface area contributed by atoms with Gasteiger partial charge in [-0.2, -0.15) is 0 Å². The number of unbranched alkanes of at least 4 members (excludes halogenated alkanes) is 4. The normalized spacial score (nSPS) is 17.0. The molecule has 0 spiro atoms. The lowest BCUT2D eigenvalue weighted by molar-refractivity contribution is -0.130. The van der Waals surface area contributed by atoms with Gasteiger partial charge >= 0.3 is 0 Å². The highest BCUT2D eigenvalue weighted by atomic mass is 16.2. The Morgan fingerprint density at radius 2 is 0.670 bits per heavy atom. The number of carbonyl (C=O) groups excluding carboxylic acids is 6. The highest BCUT2D eigenvalue weighted by Crippen LogP contribution is 2.43. The second-order valence-electron chi connectivity index (χ2n) is 40.4. The first kappa shape index (κ1) is 103. The molecule has 2 aliphatic carbocycles. The molecule has 0 aliphatic heterocycles. The summed E-state index contributed by atoms with van der Waals surface area (Å²) in [7, 11) is 0. The van der Waals surface area contributed by atoms with E-state index in [1.54, 1.807) is 0 Å². The number of allylic oxidation sites excluding steroid dienone is 2. The van der Waals surface area contributed by atoms with Gasteiger partial charge in [0.25, 0.3) is 0 Å². The van der Waals surface area contributed by atoms with Gasteiger partial charge in [-0.1, -0.05) is 200 Å². The summed E-state index contributed by atoms with van der Waals surface area (Å²) in [5.74, 6) is 5.12. The standard InChI is InChI=1S/C16H29NO.C15H29NO.C15H31NO.C15H29NO.C14H29NO.C13H27NO/c1-5-6-11-14(12-13-9-7-8-10-13)15(18)17-16(2,3)4;1-6-7-8-12(10-13-9-11(13)2)14(17)16-15(3,4)5;2*1-8-9-10-12(11-14(2,3)4)13(17)16-15(5,6)7;1-8-9-10-11(13(2,3)4)12(16)15-14(5,6)7;1-7-8-9-11(10(2)3)12(15)14-13(4,5)6/h5,13-14H,1,6-12H2,2-4H3,(H,17,18);11-13H,6-10H2,1-5H3,(H,16,17);12H,8-11H2,1-7H3,(H,16,17);8,12H,1,9-11H2,2-7H3,(H,16,17);11H,8-10H2,1-7H3,(H,15,16);10-11H,7-9H2,1-6H3,(H,14,15). The molecule has 12 heteroatoms. The van der Waals surface area contributed by atoms with Gasteiger partial charge < -0.3 is 31.9 Å². The molecule has 0 aromatic rings. The quantitative estimate of drug-likeness (QED) is 0.0377. The smallest absolute Gasteiger partial charge is 0.224 e. The van der Waals surface area contributed by atoms with Crippen LogP contribution in [0.5, 0.6) is 0 Å². The van der Waals surface area contributed by atoms with Crippen LogP contribution in [0.4, 0.5) is 0 Å². The van der Waals surface area contributed by atoms with E-state index in [0.717, 1.165) is 133 Å². The zero-order chi connectivity index (χ0) is 79.1. The highest BCUT2D eigenvalue weighted by Gasteiger charge is 2.38. The number of carbonyl (C=O) groups is 6. The molecule has 0 radical (unpaired) electrons. The monoisotopic (exact) mass is 1410 g/mol. The minimum atomic E-state index is -0.151. The Hall–Kier alpha value is -3.70. The molecule has 2 aliphatic rings. The fraction of sp³-hybridized carbons (Fsp3) is 0.886. The maximum absolute atomic E-state index is 12.3. The predicted molar refractivity (Wildman–Crippen MR) is 436 cm³/mol. The number of hydrogen-bond acceptors (Lipinski definition) is 6. The summed E-state index contributed by atoms with van der Waals surface area (Å²) >= 11 is 0. The van der Waals surface area contributed by atoms with Gasteiger partial charge in [0.15, 0.2) is 0 Å². The Morgan fingerprint density at radius 1 is 0.390 bits per heavy atom. The molecule has 100 heavy (non-hydrogen) atoms. The lowest BCUT2D eigenvalue weighted by Gasteiger charge is -2.32. The van der Waals surface area contributed by atoms with Crippen LogP contribution in [-0.4, -0.2) is 68.7 Å². The van der Waals surface area contributed by atoms with Gasteiger partial charge in [0, 0.05) is 68.7 Å². The third-order valence-electron chi connectivity index (χ3n) is 17.6. The molecule has 2 saturated carbocycles. The second-order valence-corrected chi connectivity index (χ2v) is 40.4. The Bertz CT molecular complexity index is 2230. The predicted octanol–water partition coefficient (Wildman–Crippen LogP) is 23.0. The molecule has 0 heterocycles. The molecule has 2 rings (SSSR count). The molecule has 8 atom stereocenters. The van der Waals surface area contributed by atoms with Crippen LogP contribution in [0.2, 0.25) is 0 Å². The fourth-order valence-electron chi connectivity index (χ4n) is 12.5. The number of amides is 6. The van der Waals surface area contributed by atoms with Gasteiger partial charge in [0.05, 0.1) is 0 Å². The fourth-order valence-corrected chi connectivity index (χ4v) is 12.5. The van der Waals surface area contributed by atoms with E-state index in [4.69, 9.17) is 0 Å². The van der Waals surface area contributed by atoms with Gasteiger partial charge in [0.2, 0.25) is 35.4 Å². The summed E-state index contributed by atoms with van der Waals surface area (Å²) in [5.41, 5.74) is -0.306. The first-order chi connectivity index (χ1) is 45.2. The summed E-state index contributed by atoms with van der Waals surface area (Å²) in [5, 5.41) is 18.6. The third kappa shape index (κ3) is 61.7. The van der Waals surface area contributed by atoms with E-state index in [0.29, 0.717) is 5.92 Å². The van der Waals surface area contributed by atoms with E-state index in [1.807, 2.05) is 116 Å². The summed E-state index contributed by atoms with van der Waals surface area (Å²) < 4.78 is 0. The van der Waals surface area contributed by atoms with Crippen LogP contribution in [0.15, 0.2) is 25.3 Å². The SMILES string of the molecule is C=CCCC(CC(C)(C)C)C(=O)NC(C)(C)C.C=CCCC(CC1CCCC1)C(=O)NC(C)(C)C.CCCCC(C(=O)NC(C)(C)C)C(C)(C)C.CCCCC(C(=O)NC(C)(C)C)C(C)C.CCCCC(CC(C)(C)C)C(=O)NC(C)(C)C.CCCCC(CC1CC1C)C(=O)NC(C)(C)C. The molecule has 0 saturated heterocycles. The van der Waals surface area contributed by atoms with Crippen molar-refractivity contribution >= 4 is 35.4 Å². The molecule has 8 unspecified atom stereocenters. The lowest BCUT2D eigenvalue weighted by Crippen LogP contribution is -2.46. The summed E-state index contributed by atoms with van der Waals surface area (Å²) in [6.07, 6.45) is 31.5. The molecule has 0 aromatic heterocycles. The van der Waals surface area contributed by atoms with Crippen molar-refractivity contribution in [3.05, 3.63) is 25.3 Å². The second kappa shape index (κ2) is 49.2. The molecule has 2 fully saturated rings. The molecule has 12 nitrogen and oxygen atoms in total. The first-order valence-corrected chi connectivity index (χ1v) is 40.3. The maximum atomic E-state index is 12.3. The number of nitrogens with one attached hydrogen (secondary N) is 6. The van der Waals surface area contributed by atoms with E-state index in [-0.39, 0.29) is 120 Å². The van der Waals surface area contributed by atoms with E-state index >= 15 is 0 Å². The van der Waals surface area contributed by atoms with Crippen LogP contribution in [0, 0.1) is 75.4 Å². The third-order valence-corrected chi connectivity index (χ3v) is 17.6. The van der Waals surface area contributed by atoms with Crippen molar-refractivity contribution in [3.8, 4) is 0 Å². The summed E-state index contributed by atoms with van der Waals surface area (Å²) in [4.78, 5) is 73.2. The van der Waals surface area contributed by atoms with Crippen LogP contribution in [0.25, 0.3) is 0 Å². The molecule has 0 bridgehead atoms. The van der Waals surface area contributed by atoms with Gasteiger partial charge in [-0.05, 0) is 248 Å². The van der Waals surface area contributed by atoms with E-state index in [9.17, 15) is 28.8 Å². The van der Waals surface area contributed by atoms with E-state index in [2.05, 4.69) is 177 Å². The van der Waals surface area contributed by atoms with E-state index < -0.39 is 0 Å². The molecular formula is C88H174N6O6. The van der Waals surface area contributed by atoms with E-state index in [1.165, 1.54) is 44.9 Å². The van der Waals surface area contributed by atoms with Crippen molar-refractivity contribution < 1.29 is 28.8 Å². The van der Waals surface area contributed by atoms with Crippen LogP contribution in [0.3, 0.4) is 0 Å². The van der Waals surface area contributed by atoms with Crippen LogP contribution >= 0.6 is 0 Å². The number of hydrogen-bond donors (Lipinski definition) is 6. The Labute approximate surface area is 622 Å². The Balaban J connectivity index is -0.000000554. The Kier molecular flexibility index (Phi) is 50.5. The average Bonchev–Trinajstić information content (AvgIpc) is 1.64. The van der Waals surface area contributed by atoms with Gasteiger partial charge in [-0.25, -0.2) is 0 Å². The summed E-state index contributed by atoms with van der Waals surface area (Å²) in [6, 6.07) is 0. The van der Waals surface area contributed by atoms with Crippen LogP contribution in [-0.2, 0) is 28.8 Å². The molecule has 0 aromatic carbocycles. The largest absolute Gasteiger partial charge is 0.351 e.